The highest BCUT2D eigenvalue weighted by molar-refractivity contribution is 6.00. The Kier molecular flexibility index (Phi) is 10.6. The number of carbonyl (C=O) groups excluding carboxylic acids is 1. The number of hydrazone groups is 1. The maximum atomic E-state index is 11.9. The van der Waals surface area contributed by atoms with Gasteiger partial charge in [-0.15, -0.1) is 0 Å². The second kappa shape index (κ2) is 12.6. The zero-order chi connectivity index (χ0) is 17.6. The molecule has 4 nitrogen and oxygen atoms in total. The monoisotopic (exact) mass is 332 g/mol. The fourth-order valence-corrected chi connectivity index (χ4v) is 2.61. The molecule has 0 aliphatic carbocycles. The Hall–Kier alpha value is -1.84. The lowest BCUT2D eigenvalue weighted by Crippen LogP contribution is -2.19. The first kappa shape index (κ1) is 20.2. The minimum atomic E-state index is -0.0225. The maximum Gasteiger partial charge on any atom is 0.240 e. The Labute approximate surface area is 146 Å². The number of benzene rings is 1. The van der Waals surface area contributed by atoms with Crippen LogP contribution in [-0.4, -0.2) is 16.7 Å². The fourth-order valence-electron chi connectivity index (χ4n) is 2.61. The van der Waals surface area contributed by atoms with Crippen molar-refractivity contribution < 1.29 is 9.90 Å². The van der Waals surface area contributed by atoms with E-state index in [4.69, 9.17) is 0 Å². The van der Waals surface area contributed by atoms with Gasteiger partial charge in [-0.3, -0.25) is 4.79 Å². The van der Waals surface area contributed by atoms with Crippen LogP contribution in [0, 0.1) is 0 Å². The van der Waals surface area contributed by atoms with Gasteiger partial charge in [0.05, 0.1) is 5.71 Å². The van der Waals surface area contributed by atoms with Crippen LogP contribution in [0.3, 0.4) is 0 Å². The molecule has 0 aliphatic rings. The van der Waals surface area contributed by atoms with Gasteiger partial charge in [0.15, 0.2) is 0 Å². The summed E-state index contributed by atoms with van der Waals surface area (Å²) in [4.78, 5) is 11.9. The summed E-state index contributed by atoms with van der Waals surface area (Å²) in [5.74, 6) is 0.207. The predicted molar refractivity (Wildman–Crippen MR) is 100 cm³/mol. The largest absolute Gasteiger partial charge is 0.508 e. The van der Waals surface area contributed by atoms with E-state index < -0.39 is 0 Å². The Morgan fingerprint density at radius 1 is 0.958 bits per heavy atom. The summed E-state index contributed by atoms with van der Waals surface area (Å²) in [5, 5.41) is 13.5. The fraction of sp³-hybridized carbons (Fsp3) is 0.600. The molecular weight excluding hydrogens is 300 g/mol. The lowest BCUT2D eigenvalue weighted by atomic mass is 10.1. The van der Waals surface area contributed by atoms with Crippen molar-refractivity contribution in [1.82, 2.24) is 5.43 Å². The number of aromatic hydroxyl groups is 1. The number of nitrogens with one attached hydrogen (secondary N) is 1. The molecule has 0 atom stereocenters. The van der Waals surface area contributed by atoms with E-state index in [9.17, 15) is 9.90 Å². The summed E-state index contributed by atoms with van der Waals surface area (Å²) in [6.07, 6.45) is 11.1. The van der Waals surface area contributed by atoms with Gasteiger partial charge >= 0.3 is 0 Å². The number of amides is 1. The second-order valence-electron chi connectivity index (χ2n) is 6.22. The minimum absolute atomic E-state index is 0.0225. The summed E-state index contributed by atoms with van der Waals surface area (Å²) < 4.78 is 0. The molecule has 0 saturated carbocycles. The van der Waals surface area contributed by atoms with Crippen LogP contribution in [0.15, 0.2) is 29.4 Å². The number of phenolic OH excluding ortho intramolecular Hbond substituents is 1. The van der Waals surface area contributed by atoms with Crippen LogP contribution in [-0.2, 0) is 4.79 Å². The molecule has 1 amide bonds. The molecule has 0 radical (unpaired) electrons. The van der Waals surface area contributed by atoms with E-state index in [-0.39, 0.29) is 11.7 Å². The third-order valence-corrected chi connectivity index (χ3v) is 4.11. The first-order valence-corrected chi connectivity index (χ1v) is 9.32. The molecule has 24 heavy (non-hydrogen) atoms. The Balaban J connectivity index is 2.22. The number of phenols is 1. The van der Waals surface area contributed by atoms with Gasteiger partial charge in [-0.05, 0) is 42.7 Å². The molecule has 2 N–H and O–H groups in total. The van der Waals surface area contributed by atoms with Crippen molar-refractivity contribution in [3.63, 3.8) is 0 Å². The predicted octanol–water partition coefficient (Wildman–Crippen LogP) is 5.15. The van der Waals surface area contributed by atoms with Crippen molar-refractivity contribution in [2.75, 3.05) is 0 Å². The number of hydrogen-bond donors (Lipinski definition) is 2. The molecule has 0 bridgehead atoms. The van der Waals surface area contributed by atoms with Gasteiger partial charge in [-0.1, -0.05) is 58.8 Å². The summed E-state index contributed by atoms with van der Waals surface area (Å²) in [6, 6.07) is 6.87. The summed E-state index contributed by atoms with van der Waals surface area (Å²) in [6.45, 7) is 4.23. The molecule has 134 valence electrons. The molecule has 0 fully saturated rings. The summed E-state index contributed by atoms with van der Waals surface area (Å²) in [7, 11) is 0. The van der Waals surface area contributed by atoms with E-state index in [2.05, 4.69) is 17.5 Å². The Morgan fingerprint density at radius 3 is 2.12 bits per heavy atom. The SMILES string of the molecule is CCCCCCCCCCC(=O)N/N=C(\CC)c1ccc(O)cc1. The lowest BCUT2D eigenvalue weighted by molar-refractivity contribution is -0.121. The van der Waals surface area contributed by atoms with Crippen molar-refractivity contribution in [3.05, 3.63) is 29.8 Å². The van der Waals surface area contributed by atoms with E-state index in [0.29, 0.717) is 6.42 Å². The molecular formula is C20H32N2O2. The Morgan fingerprint density at radius 2 is 1.54 bits per heavy atom. The van der Waals surface area contributed by atoms with Crippen LogP contribution in [0.25, 0.3) is 0 Å². The van der Waals surface area contributed by atoms with E-state index >= 15 is 0 Å². The third-order valence-electron chi connectivity index (χ3n) is 4.11. The average molecular weight is 332 g/mol. The lowest BCUT2D eigenvalue weighted by Gasteiger charge is -2.06. The van der Waals surface area contributed by atoms with Crippen LogP contribution in [0.5, 0.6) is 5.75 Å². The topological polar surface area (TPSA) is 61.7 Å². The first-order chi connectivity index (χ1) is 11.7. The molecule has 0 spiro atoms. The quantitative estimate of drug-likeness (QED) is 0.316. The smallest absolute Gasteiger partial charge is 0.240 e. The molecule has 4 heteroatoms. The van der Waals surface area contributed by atoms with Crippen LogP contribution >= 0.6 is 0 Å². The molecule has 0 saturated heterocycles. The van der Waals surface area contributed by atoms with Gasteiger partial charge in [0, 0.05) is 6.42 Å². The van der Waals surface area contributed by atoms with Crippen LogP contribution in [0.2, 0.25) is 0 Å². The molecule has 0 unspecified atom stereocenters. The number of carbonyl (C=O) groups is 1. The number of rotatable bonds is 12. The molecule has 0 aromatic heterocycles. The van der Waals surface area contributed by atoms with Gasteiger partial charge in [-0.2, -0.15) is 5.10 Å². The zero-order valence-corrected chi connectivity index (χ0v) is 15.2. The number of unbranched alkanes of at least 4 members (excludes halogenated alkanes) is 7. The van der Waals surface area contributed by atoms with Gasteiger partial charge < -0.3 is 5.11 Å². The van der Waals surface area contributed by atoms with E-state index in [0.717, 1.165) is 30.5 Å². The minimum Gasteiger partial charge on any atom is -0.508 e. The summed E-state index contributed by atoms with van der Waals surface area (Å²) >= 11 is 0. The number of hydrogen-bond acceptors (Lipinski definition) is 3. The van der Waals surface area contributed by atoms with Crippen molar-refractivity contribution in [1.29, 1.82) is 0 Å². The van der Waals surface area contributed by atoms with Crippen molar-refractivity contribution in [2.24, 2.45) is 5.10 Å². The first-order valence-electron chi connectivity index (χ1n) is 9.32. The molecule has 1 aromatic carbocycles. The molecule has 1 aromatic rings. The van der Waals surface area contributed by atoms with Crippen molar-refractivity contribution in [2.45, 2.75) is 78.1 Å². The Bertz CT molecular complexity index is 495. The third kappa shape index (κ3) is 8.70. The van der Waals surface area contributed by atoms with Crippen LogP contribution in [0.1, 0.15) is 83.6 Å². The molecule has 0 aliphatic heterocycles. The van der Waals surface area contributed by atoms with Crippen molar-refractivity contribution >= 4 is 11.6 Å². The van der Waals surface area contributed by atoms with E-state index in [1.54, 1.807) is 12.1 Å². The normalized spacial score (nSPS) is 11.5. The summed E-state index contributed by atoms with van der Waals surface area (Å²) in [5.41, 5.74) is 4.39. The molecule has 1 rings (SSSR count). The standard InChI is InChI=1S/C20H32N2O2/c1-3-5-6-7-8-9-10-11-12-20(24)22-21-19(4-2)17-13-15-18(23)16-14-17/h13-16,23H,3-12H2,1-2H3,(H,22,24)/b21-19+. The van der Waals surface area contributed by atoms with Crippen molar-refractivity contribution in [3.8, 4) is 5.75 Å². The van der Waals surface area contributed by atoms with E-state index in [1.807, 2.05) is 19.1 Å². The van der Waals surface area contributed by atoms with Gasteiger partial charge in [-0.25, -0.2) is 5.43 Å². The average Bonchev–Trinajstić information content (AvgIpc) is 2.59. The maximum absolute atomic E-state index is 11.9. The van der Waals surface area contributed by atoms with Gasteiger partial charge in [0.2, 0.25) is 5.91 Å². The van der Waals surface area contributed by atoms with Crippen LogP contribution in [0.4, 0.5) is 0 Å². The van der Waals surface area contributed by atoms with E-state index in [1.165, 1.54) is 38.5 Å². The highest BCUT2D eigenvalue weighted by atomic mass is 16.3. The molecule has 0 heterocycles. The van der Waals surface area contributed by atoms with Gasteiger partial charge in [0.1, 0.15) is 5.75 Å². The highest BCUT2D eigenvalue weighted by Gasteiger charge is 2.04. The number of nitrogens with zero attached hydrogens (tertiary/aromatic N) is 1. The second-order valence-corrected chi connectivity index (χ2v) is 6.22. The van der Waals surface area contributed by atoms with Gasteiger partial charge in [0.25, 0.3) is 0 Å². The van der Waals surface area contributed by atoms with Crippen LogP contribution < -0.4 is 5.43 Å². The zero-order valence-electron chi connectivity index (χ0n) is 15.2. The highest BCUT2D eigenvalue weighted by Crippen LogP contribution is 2.12.